The normalized spacial score (nSPS) is 13.2. The van der Waals surface area contributed by atoms with E-state index in [1.54, 1.807) is 36.4 Å². The number of rotatable bonds is 5. The third-order valence-electron chi connectivity index (χ3n) is 5.78. The number of thiocarbonyl (C=S) groups is 1. The van der Waals surface area contributed by atoms with Crippen LogP contribution >= 0.6 is 35.4 Å². The molecule has 36 heavy (non-hydrogen) atoms. The van der Waals surface area contributed by atoms with Gasteiger partial charge in [0.25, 0.3) is 11.8 Å². The number of nitrogens with zero attached hydrogens (tertiary/aromatic N) is 2. The Kier molecular flexibility index (Phi) is 8.30. The van der Waals surface area contributed by atoms with E-state index in [0.29, 0.717) is 34.4 Å². The summed E-state index contributed by atoms with van der Waals surface area (Å²) < 4.78 is 5.22. The number of ether oxygens (including phenoxy) is 1. The lowest BCUT2D eigenvalue weighted by molar-refractivity contribution is 0.0746. The van der Waals surface area contributed by atoms with Crippen LogP contribution in [0.1, 0.15) is 20.7 Å². The Morgan fingerprint density at radius 1 is 0.889 bits per heavy atom. The highest BCUT2D eigenvalue weighted by Crippen LogP contribution is 2.23. The molecule has 1 saturated heterocycles. The molecule has 3 aromatic carbocycles. The van der Waals surface area contributed by atoms with E-state index in [1.807, 2.05) is 29.2 Å². The number of methoxy groups -OCH3 is 1. The fraction of sp³-hybridized carbons (Fsp3) is 0.192. The van der Waals surface area contributed by atoms with Crippen molar-refractivity contribution in [1.29, 1.82) is 0 Å². The van der Waals surface area contributed by atoms with Gasteiger partial charge in [0.2, 0.25) is 0 Å². The van der Waals surface area contributed by atoms with Crippen LogP contribution in [0.2, 0.25) is 10.0 Å². The molecule has 2 amide bonds. The van der Waals surface area contributed by atoms with Gasteiger partial charge < -0.3 is 19.9 Å². The summed E-state index contributed by atoms with van der Waals surface area (Å²) in [6, 6.07) is 19.5. The van der Waals surface area contributed by atoms with Gasteiger partial charge in [-0.25, -0.2) is 0 Å². The van der Waals surface area contributed by atoms with Crippen molar-refractivity contribution in [1.82, 2.24) is 10.2 Å². The Hall–Kier alpha value is -3.33. The molecule has 1 aliphatic rings. The first-order valence-corrected chi connectivity index (χ1v) is 12.4. The standard InChI is InChI=1S/C26H24Cl2N4O3S/c1-35-23-11-6-19(28)16-22(23)24(33)30-26(36)29-20-7-9-21(10-8-20)31-12-14-32(15-13-31)25(34)17-2-4-18(27)5-3-17/h2-11,16H,12-15H2,1H3,(H2,29,30,33,36). The summed E-state index contributed by atoms with van der Waals surface area (Å²) in [6.07, 6.45) is 0. The summed E-state index contributed by atoms with van der Waals surface area (Å²) in [4.78, 5) is 29.4. The molecule has 1 heterocycles. The van der Waals surface area contributed by atoms with Crippen molar-refractivity contribution < 1.29 is 14.3 Å². The van der Waals surface area contributed by atoms with Crippen molar-refractivity contribution in [2.45, 2.75) is 0 Å². The summed E-state index contributed by atoms with van der Waals surface area (Å²) in [6.45, 7) is 2.71. The predicted molar refractivity (Wildman–Crippen MR) is 148 cm³/mol. The van der Waals surface area contributed by atoms with Crippen molar-refractivity contribution in [3.8, 4) is 5.75 Å². The zero-order valence-corrected chi connectivity index (χ0v) is 21.8. The van der Waals surface area contributed by atoms with Gasteiger partial charge in [0, 0.05) is 53.2 Å². The van der Waals surface area contributed by atoms with Gasteiger partial charge in [-0.15, -0.1) is 0 Å². The average Bonchev–Trinajstić information content (AvgIpc) is 2.89. The number of carbonyl (C=O) groups is 2. The van der Waals surface area contributed by atoms with Crippen LogP contribution in [0.5, 0.6) is 5.75 Å². The molecule has 0 aromatic heterocycles. The molecule has 0 unspecified atom stereocenters. The Bertz CT molecular complexity index is 1260. The van der Waals surface area contributed by atoms with E-state index in [9.17, 15) is 9.59 Å². The zero-order chi connectivity index (χ0) is 25.7. The van der Waals surface area contributed by atoms with Gasteiger partial charge in [-0.3, -0.25) is 14.9 Å². The summed E-state index contributed by atoms with van der Waals surface area (Å²) in [5, 5.41) is 6.85. The molecule has 3 aromatic rings. The topological polar surface area (TPSA) is 73.9 Å². The van der Waals surface area contributed by atoms with Gasteiger partial charge in [-0.2, -0.15) is 0 Å². The number of piperazine rings is 1. The number of carbonyl (C=O) groups excluding carboxylic acids is 2. The maximum Gasteiger partial charge on any atom is 0.261 e. The highest BCUT2D eigenvalue weighted by atomic mass is 35.5. The molecule has 4 rings (SSSR count). The van der Waals surface area contributed by atoms with Crippen LogP contribution in [0.25, 0.3) is 0 Å². The van der Waals surface area contributed by atoms with Crippen molar-refractivity contribution in [3.05, 3.63) is 87.9 Å². The zero-order valence-electron chi connectivity index (χ0n) is 19.5. The van der Waals surface area contributed by atoms with Crippen LogP contribution in [0.4, 0.5) is 11.4 Å². The average molecular weight is 543 g/mol. The maximum atomic E-state index is 12.7. The highest BCUT2D eigenvalue weighted by Gasteiger charge is 2.22. The predicted octanol–water partition coefficient (Wildman–Crippen LogP) is 5.09. The maximum absolute atomic E-state index is 12.7. The summed E-state index contributed by atoms with van der Waals surface area (Å²) in [5.74, 6) is -0.00896. The minimum atomic E-state index is -0.422. The number of anilines is 2. The van der Waals surface area contributed by atoms with Crippen LogP contribution < -0.4 is 20.3 Å². The van der Waals surface area contributed by atoms with Gasteiger partial charge in [0.15, 0.2) is 5.11 Å². The molecule has 1 fully saturated rings. The SMILES string of the molecule is COc1ccc(Cl)cc1C(=O)NC(=S)Nc1ccc(N2CCN(C(=O)c3ccc(Cl)cc3)CC2)cc1. The summed E-state index contributed by atoms with van der Waals surface area (Å²) in [7, 11) is 1.48. The molecule has 2 N–H and O–H groups in total. The number of hydrogen-bond acceptors (Lipinski definition) is 5. The molecule has 0 bridgehead atoms. The Balaban J connectivity index is 1.30. The quantitative estimate of drug-likeness (QED) is 0.437. The van der Waals surface area contributed by atoms with Crippen LogP contribution in [0, 0.1) is 0 Å². The molecule has 10 heteroatoms. The molecule has 7 nitrogen and oxygen atoms in total. The van der Waals surface area contributed by atoms with Gasteiger partial charge >= 0.3 is 0 Å². The fourth-order valence-electron chi connectivity index (χ4n) is 3.89. The third kappa shape index (κ3) is 6.26. The summed E-state index contributed by atoms with van der Waals surface area (Å²) >= 11 is 17.2. The number of nitrogens with one attached hydrogen (secondary N) is 2. The van der Waals surface area contributed by atoms with E-state index in [0.717, 1.165) is 24.5 Å². The van der Waals surface area contributed by atoms with Crippen molar-refractivity contribution in [2.24, 2.45) is 0 Å². The Labute approximate surface area is 224 Å². The first kappa shape index (κ1) is 25.8. The monoisotopic (exact) mass is 542 g/mol. The fourth-order valence-corrected chi connectivity index (χ4v) is 4.40. The molecular formula is C26H24Cl2N4O3S. The molecule has 0 radical (unpaired) electrons. The molecular weight excluding hydrogens is 519 g/mol. The van der Waals surface area contributed by atoms with E-state index in [-0.39, 0.29) is 16.6 Å². The van der Waals surface area contributed by atoms with Crippen LogP contribution in [-0.4, -0.2) is 55.1 Å². The lowest BCUT2D eigenvalue weighted by Gasteiger charge is -2.36. The van der Waals surface area contributed by atoms with Gasteiger partial charge in [-0.05, 0) is 78.9 Å². The van der Waals surface area contributed by atoms with Gasteiger partial charge in [-0.1, -0.05) is 23.2 Å². The molecule has 186 valence electrons. The van der Waals surface area contributed by atoms with Crippen molar-refractivity contribution in [3.63, 3.8) is 0 Å². The second-order valence-corrected chi connectivity index (χ2v) is 9.37. The molecule has 0 saturated carbocycles. The van der Waals surface area contributed by atoms with E-state index in [1.165, 1.54) is 13.2 Å². The highest BCUT2D eigenvalue weighted by molar-refractivity contribution is 7.80. The van der Waals surface area contributed by atoms with Crippen molar-refractivity contribution in [2.75, 3.05) is 43.5 Å². The van der Waals surface area contributed by atoms with Gasteiger partial charge in [0.1, 0.15) is 5.75 Å². The van der Waals surface area contributed by atoms with Crippen molar-refractivity contribution >= 4 is 63.7 Å². The van der Waals surface area contributed by atoms with E-state index in [2.05, 4.69) is 15.5 Å². The van der Waals surface area contributed by atoms with E-state index < -0.39 is 5.91 Å². The summed E-state index contributed by atoms with van der Waals surface area (Å²) in [5.41, 5.74) is 2.70. The Morgan fingerprint density at radius 2 is 1.53 bits per heavy atom. The Morgan fingerprint density at radius 3 is 2.17 bits per heavy atom. The second kappa shape index (κ2) is 11.6. The van der Waals surface area contributed by atoms with Gasteiger partial charge in [0.05, 0.1) is 12.7 Å². The minimum Gasteiger partial charge on any atom is -0.496 e. The molecule has 0 spiro atoms. The number of amides is 2. The first-order valence-electron chi connectivity index (χ1n) is 11.2. The lowest BCUT2D eigenvalue weighted by Crippen LogP contribution is -2.48. The first-order chi connectivity index (χ1) is 17.3. The molecule has 1 aliphatic heterocycles. The van der Waals surface area contributed by atoms with Crippen LogP contribution in [-0.2, 0) is 0 Å². The second-order valence-electron chi connectivity index (χ2n) is 8.09. The third-order valence-corrected chi connectivity index (χ3v) is 6.47. The number of halogens is 2. The lowest BCUT2D eigenvalue weighted by atomic mass is 10.1. The smallest absolute Gasteiger partial charge is 0.261 e. The molecule has 0 aliphatic carbocycles. The number of hydrogen-bond donors (Lipinski definition) is 2. The van der Waals surface area contributed by atoms with E-state index >= 15 is 0 Å². The van der Waals surface area contributed by atoms with Crippen LogP contribution in [0.15, 0.2) is 66.7 Å². The molecule has 0 atom stereocenters. The number of benzene rings is 3. The largest absolute Gasteiger partial charge is 0.496 e. The minimum absolute atomic E-state index is 0.0109. The van der Waals surface area contributed by atoms with E-state index in [4.69, 9.17) is 40.2 Å². The van der Waals surface area contributed by atoms with Crippen LogP contribution in [0.3, 0.4) is 0 Å².